The van der Waals surface area contributed by atoms with E-state index in [0.29, 0.717) is 12.1 Å². The Kier molecular flexibility index (Phi) is 10.6. The number of halogens is 2. The molecule has 2 aromatic carbocycles. The fourth-order valence-electron chi connectivity index (χ4n) is 3.70. The summed E-state index contributed by atoms with van der Waals surface area (Å²) in [5.74, 6) is 0.969. The van der Waals surface area contributed by atoms with Crippen molar-refractivity contribution in [1.82, 2.24) is 15.1 Å². The highest BCUT2D eigenvalue weighted by Gasteiger charge is 2.21. The van der Waals surface area contributed by atoms with Gasteiger partial charge in [0.15, 0.2) is 5.96 Å². The maximum Gasteiger partial charge on any atom is 0.253 e. The van der Waals surface area contributed by atoms with Crippen molar-refractivity contribution in [2.45, 2.75) is 13.3 Å². The Morgan fingerprint density at radius 1 is 1.09 bits per heavy atom. The van der Waals surface area contributed by atoms with Gasteiger partial charge in [-0.15, -0.1) is 24.0 Å². The second-order valence-corrected chi connectivity index (χ2v) is 8.22. The van der Waals surface area contributed by atoms with Crippen molar-refractivity contribution in [3.8, 4) is 0 Å². The van der Waals surface area contributed by atoms with E-state index in [1.165, 1.54) is 0 Å². The van der Waals surface area contributed by atoms with Crippen LogP contribution >= 0.6 is 35.6 Å². The summed E-state index contributed by atoms with van der Waals surface area (Å²) >= 11 is 6.37. The second kappa shape index (κ2) is 12.9. The molecule has 2 aromatic rings. The summed E-state index contributed by atoms with van der Waals surface area (Å²) < 4.78 is 0. The molecule has 1 N–H and O–H groups in total. The Balaban J connectivity index is 0.00000363. The van der Waals surface area contributed by atoms with Crippen LogP contribution in [-0.4, -0.2) is 75.0 Å². The van der Waals surface area contributed by atoms with Gasteiger partial charge in [-0.25, -0.2) is 0 Å². The molecule has 1 aliphatic rings. The summed E-state index contributed by atoms with van der Waals surface area (Å²) in [6.45, 7) is 7.19. The van der Waals surface area contributed by atoms with Crippen LogP contribution in [0.4, 0.5) is 5.69 Å². The quantitative estimate of drug-likeness (QED) is 0.325. The topological polar surface area (TPSA) is 51.2 Å². The summed E-state index contributed by atoms with van der Waals surface area (Å²) in [4.78, 5) is 23.3. The molecule has 3 rings (SSSR count). The molecule has 0 bridgehead atoms. The molecule has 6 nitrogen and oxygen atoms in total. The van der Waals surface area contributed by atoms with Gasteiger partial charge < -0.3 is 20.0 Å². The SMILES string of the molecule is CCNC(=NCCc1cccc(C(=O)N(C)C)c1)N1CCN(c2ccccc2Cl)CC1.I. The molecule has 1 amide bonds. The second-order valence-electron chi connectivity index (χ2n) is 7.81. The monoisotopic (exact) mass is 569 g/mol. The number of carbonyl (C=O) groups excluding carboxylic acids is 1. The molecule has 0 aromatic heterocycles. The highest BCUT2D eigenvalue weighted by Crippen LogP contribution is 2.26. The van der Waals surface area contributed by atoms with Gasteiger partial charge in [-0.3, -0.25) is 9.79 Å². The molecule has 174 valence electrons. The summed E-state index contributed by atoms with van der Waals surface area (Å²) in [5, 5.41) is 4.22. The van der Waals surface area contributed by atoms with E-state index in [4.69, 9.17) is 16.6 Å². The number of anilines is 1. The zero-order valence-corrected chi connectivity index (χ0v) is 22.1. The van der Waals surface area contributed by atoms with Gasteiger partial charge >= 0.3 is 0 Å². The molecular formula is C24H33ClIN5O. The molecule has 0 radical (unpaired) electrons. The number of nitrogens with zero attached hydrogens (tertiary/aromatic N) is 4. The van der Waals surface area contributed by atoms with Crippen molar-refractivity contribution in [3.05, 3.63) is 64.7 Å². The average molecular weight is 570 g/mol. The third-order valence-electron chi connectivity index (χ3n) is 5.35. The Labute approximate surface area is 213 Å². The number of hydrogen-bond acceptors (Lipinski definition) is 3. The van der Waals surface area contributed by atoms with Gasteiger partial charge in [0, 0.05) is 58.9 Å². The fourth-order valence-corrected chi connectivity index (χ4v) is 3.96. The van der Waals surface area contributed by atoms with Crippen LogP contribution in [0.15, 0.2) is 53.5 Å². The minimum atomic E-state index is 0. The van der Waals surface area contributed by atoms with E-state index in [-0.39, 0.29) is 29.9 Å². The zero-order valence-electron chi connectivity index (χ0n) is 19.1. The van der Waals surface area contributed by atoms with Crippen LogP contribution in [0.25, 0.3) is 0 Å². The average Bonchev–Trinajstić information content (AvgIpc) is 2.78. The van der Waals surface area contributed by atoms with Gasteiger partial charge in [-0.05, 0) is 43.2 Å². The van der Waals surface area contributed by atoms with Crippen molar-refractivity contribution >= 4 is 53.1 Å². The van der Waals surface area contributed by atoms with Crippen LogP contribution in [0, 0.1) is 0 Å². The van der Waals surface area contributed by atoms with Gasteiger partial charge in [0.25, 0.3) is 5.91 Å². The van der Waals surface area contributed by atoms with E-state index in [9.17, 15) is 4.79 Å². The smallest absolute Gasteiger partial charge is 0.253 e. The van der Waals surface area contributed by atoms with Crippen LogP contribution in [0.2, 0.25) is 5.02 Å². The van der Waals surface area contributed by atoms with Crippen LogP contribution in [0.1, 0.15) is 22.8 Å². The summed E-state index contributed by atoms with van der Waals surface area (Å²) in [6.07, 6.45) is 0.795. The first-order chi connectivity index (χ1) is 15.0. The van der Waals surface area contributed by atoms with E-state index < -0.39 is 0 Å². The summed E-state index contributed by atoms with van der Waals surface area (Å²) in [5.41, 5.74) is 2.93. The minimum absolute atomic E-state index is 0. The standard InChI is InChI=1S/C24H32ClN5O.HI/c1-4-26-24(27-13-12-19-8-7-9-20(18-19)23(31)28(2)3)30-16-14-29(15-17-30)22-11-6-5-10-21(22)25;/h5-11,18H,4,12-17H2,1-3H3,(H,26,27);1H. The molecule has 0 unspecified atom stereocenters. The Hall–Kier alpha value is -2.00. The number of nitrogens with one attached hydrogen (secondary N) is 1. The lowest BCUT2D eigenvalue weighted by molar-refractivity contribution is 0.0827. The normalized spacial score (nSPS) is 14.1. The predicted octanol–water partition coefficient (Wildman–Crippen LogP) is 3.99. The molecule has 8 heteroatoms. The minimum Gasteiger partial charge on any atom is -0.367 e. The van der Waals surface area contributed by atoms with Gasteiger partial charge in [0.2, 0.25) is 0 Å². The Morgan fingerprint density at radius 3 is 2.47 bits per heavy atom. The molecule has 1 aliphatic heterocycles. The number of amides is 1. The first-order valence-corrected chi connectivity index (χ1v) is 11.2. The number of para-hydroxylation sites is 1. The fraction of sp³-hybridized carbons (Fsp3) is 0.417. The van der Waals surface area contributed by atoms with E-state index in [1.807, 2.05) is 36.4 Å². The maximum absolute atomic E-state index is 12.2. The van der Waals surface area contributed by atoms with Crippen LogP contribution < -0.4 is 10.2 Å². The van der Waals surface area contributed by atoms with Crippen LogP contribution in [0.3, 0.4) is 0 Å². The number of piperazine rings is 1. The first kappa shape index (κ1) is 26.3. The van der Waals surface area contributed by atoms with Crippen LogP contribution in [0.5, 0.6) is 0 Å². The number of rotatable bonds is 6. The molecule has 0 atom stereocenters. The van der Waals surface area contributed by atoms with Crippen molar-refractivity contribution in [2.75, 3.05) is 58.3 Å². The number of hydrogen-bond donors (Lipinski definition) is 1. The maximum atomic E-state index is 12.2. The highest BCUT2D eigenvalue weighted by atomic mass is 127. The lowest BCUT2D eigenvalue weighted by Crippen LogP contribution is -2.52. The number of benzene rings is 2. The Morgan fingerprint density at radius 2 is 1.81 bits per heavy atom. The lowest BCUT2D eigenvalue weighted by atomic mass is 10.1. The van der Waals surface area contributed by atoms with E-state index in [0.717, 1.165) is 61.4 Å². The number of carbonyl (C=O) groups is 1. The van der Waals surface area contributed by atoms with Crippen molar-refractivity contribution in [3.63, 3.8) is 0 Å². The molecule has 1 heterocycles. The van der Waals surface area contributed by atoms with Crippen molar-refractivity contribution in [1.29, 1.82) is 0 Å². The predicted molar refractivity (Wildman–Crippen MR) is 145 cm³/mol. The summed E-state index contributed by atoms with van der Waals surface area (Å²) in [7, 11) is 3.54. The van der Waals surface area contributed by atoms with Crippen molar-refractivity contribution in [2.24, 2.45) is 4.99 Å². The molecule has 1 saturated heterocycles. The Bertz CT molecular complexity index is 913. The van der Waals surface area contributed by atoms with Gasteiger partial charge in [0.1, 0.15) is 0 Å². The molecule has 1 fully saturated rings. The number of guanidine groups is 1. The van der Waals surface area contributed by atoms with E-state index >= 15 is 0 Å². The molecular weight excluding hydrogens is 537 g/mol. The molecule has 32 heavy (non-hydrogen) atoms. The van der Waals surface area contributed by atoms with Crippen molar-refractivity contribution < 1.29 is 4.79 Å². The lowest BCUT2D eigenvalue weighted by Gasteiger charge is -2.38. The van der Waals surface area contributed by atoms with Crippen LogP contribution in [-0.2, 0) is 6.42 Å². The first-order valence-electron chi connectivity index (χ1n) is 10.8. The number of aliphatic imine (C=N–C) groups is 1. The van der Waals surface area contributed by atoms with E-state index in [2.05, 4.69) is 34.2 Å². The molecule has 0 spiro atoms. The third-order valence-corrected chi connectivity index (χ3v) is 5.67. The largest absolute Gasteiger partial charge is 0.367 e. The van der Waals surface area contributed by atoms with Gasteiger partial charge in [-0.2, -0.15) is 0 Å². The van der Waals surface area contributed by atoms with Gasteiger partial charge in [-0.1, -0.05) is 35.9 Å². The molecule has 0 aliphatic carbocycles. The highest BCUT2D eigenvalue weighted by molar-refractivity contribution is 14.0. The van der Waals surface area contributed by atoms with E-state index in [1.54, 1.807) is 19.0 Å². The zero-order chi connectivity index (χ0) is 22.2. The summed E-state index contributed by atoms with van der Waals surface area (Å²) in [6, 6.07) is 15.8. The van der Waals surface area contributed by atoms with Gasteiger partial charge in [0.05, 0.1) is 10.7 Å². The molecule has 0 saturated carbocycles. The third kappa shape index (κ3) is 7.00.